The van der Waals surface area contributed by atoms with Crippen molar-refractivity contribution in [3.8, 4) is 0 Å². The van der Waals surface area contributed by atoms with Crippen LogP contribution in [0.3, 0.4) is 0 Å². The number of rotatable bonds is 40. The summed E-state index contributed by atoms with van der Waals surface area (Å²) in [7, 11) is 0. The van der Waals surface area contributed by atoms with Gasteiger partial charge in [0.15, 0.2) is 6.10 Å². The lowest BCUT2D eigenvalue weighted by molar-refractivity contribution is -0.161. The van der Waals surface area contributed by atoms with Crippen LogP contribution in [-0.2, 0) is 19.1 Å². The molecule has 0 aromatic heterocycles. The summed E-state index contributed by atoms with van der Waals surface area (Å²) in [4.78, 5) is 24.2. The molecule has 0 bridgehead atoms. The van der Waals surface area contributed by atoms with E-state index in [0.29, 0.717) is 12.8 Å². The molecule has 0 rings (SSSR count). The van der Waals surface area contributed by atoms with E-state index in [1.54, 1.807) is 0 Å². The van der Waals surface area contributed by atoms with Crippen molar-refractivity contribution in [1.82, 2.24) is 0 Å². The van der Waals surface area contributed by atoms with E-state index in [9.17, 15) is 14.7 Å². The smallest absolute Gasteiger partial charge is 0.306 e. The minimum absolute atomic E-state index is 0.0724. The van der Waals surface area contributed by atoms with Crippen molar-refractivity contribution in [2.24, 2.45) is 0 Å². The third-order valence-corrected chi connectivity index (χ3v) is 9.39. The van der Waals surface area contributed by atoms with E-state index >= 15 is 0 Å². The molecule has 0 aliphatic rings. The highest BCUT2D eigenvalue weighted by Crippen LogP contribution is 2.13. The molecule has 0 amide bonds. The molecule has 0 aliphatic heterocycles. The van der Waals surface area contributed by atoms with E-state index < -0.39 is 6.10 Å². The largest absolute Gasteiger partial charge is 0.462 e. The number of ether oxygens (including phenoxy) is 2. The molecule has 0 saturated carbocycles. The van der Waals surface area contributed by atoms with Gasteiger partial charge >= 0.3 is 11.9 Å². The number of unbranched alkanes of at least 4 members (excludes halogenated alkanes) is 16. The van der Waals surface area contributed by atoms with Crippen LogP contribution in [0.5, 0.6) is 0 Å². The number of aliphatic hydroxyl groups excluding tert-OH is 1. The zero-order chi connectivity index (χ0) is 40.7. The lowest BCUT2D eigenvalue weighted by Gasteiger charge is -2.15. The summed E-state index contributed by atoms with van der Waals surface area (Å²) < 4.78 is 10.6. The predicted octanol–water partition coefficient (Wildman–Crippen LogP) is 14.8. The molecular weight excluding hydrogens is 693 g/mol. The maximum absolute atomic E-state index is 12.2. The van der Waals surface area contributed by atoms with Crippen LogP contribution < -0.4 is 0 Å². The summed E-state index contributed by atoms with van der Waals surface area (Å²) in [5.41, 5.74) is 0. The van der Waals surface area contributed by atoms with Crippen molar-refractivity contribution < 1.29 is 24.2 Å². The number of hydrogen-bond acceptors (Lipinski definition) is 5. The summed E-state index contributed by atoms with van der Waals surface area (Å²) >= 11 is 0. The quantitative estimate of drug-likeness (QED) is 0.0381. The van der Waals surface area contributed by atoms with Crippen molar-refractivity contribution in [3.63, 3.8) is 0 Å². The van der Waals surface area contributed by atoms with E-state index in [-0.39, 0.29) is 25.2 Å². The molecule has 56 heavy (non-hydrogen) atoms. The average molecular weight is 777 g/mol. The molecule has 5 heteroatoms. The first-order valence-electron chi connectivity index (χ1n) is 22.8. The van der Waals surface area contributed by atoms with Crippen LogP contribution in [0.15, 0.2) is 97.2 Å². The monoisotopic (exact) mass is 777 g/mol. The lowest BCUT2D eigenvalue weighted by Crippen LogP contribution is -2.28. The Morgan fingerprint density at radius 1 is 0.429 bits per heavy atom. The maximum Gasteiger partial charge on any atom is 0.306 e. The van der Waals surface area contributed by atoms with Gasteiger partial charge in [0.05, 0.1) is 6.61 Å². The van der Waals surface area contributed by atoms with Gasteiger partial charge in [-0.2, -0.15) is 0 Å². The van der Waals surface area contributed by atoms with Crippen molar-refractivity contribution in [3.05, 3.63) is 97.2 Å². The van der Waals surface area contributed by atoms with Gasteiger partial charge in [0.25, 0.3) is 0 Å². The number of carbonyl (C=O) groups is 2. The van der Waals surface area contributed by atoms with Crippen LogP contribution in [0.2, 0.25) is 0 Å². The summed E-state index contributed by atoms with van der Waals surface area (Å²) in [5, 5.41) is 9.55. The third-order valence-electron chi connectivity index (χ3n) is 9.39. The predicted molar refractivity (Wildman–Crippen MR) is 242 cm³/mol. The summed E-state index contributed by atoms with van der Waals surface area (Å²) in [6.45, 7) is 3.98. The second-order valence-corrected chi connectivity index (χ2v) is 14.8. The molecule has 0 heterocycles. The first-order chi connectivity index (χ1) is 27.6. The number of allylic oxidation sites excluding steroid dienone is 16. The summed E-state index contributed by atoms with van der Waals surface area (Å²) in [6, 6.07) is 0. The van der Waals surface area contributed by atoms with Crippen LogP contribution in [0.1, 0.15) is 194 Å². The fourth-order valence-corrected chi connectivity index (χ4v) is 5.98. The van der Waals surface area contributed by atoms with Gasteiger partial charge in [-0.15, -0.1) is 0 Å². The fraction of sp³-hybridized carbons (Fsp3) is 0.647. The Hall–Kier alpha value is -3.18. The van der Waals surface area contributed by atoms with Crippen molar-refractivity contribution in [2.75, 3.05) is 13.2 Å². The van der Waals surface area contributed by atoms with Gasteiger partial charge in [-0.05, 0) is 77.0 Å². The number of aliphatic hydroxyl groups is 1. The molecule has 1 atom stereocenters. The van der Waals surface area contributed by atoms with Crippen LogP contribution in [0, 0.1) is 0 Å². The second kappa shape index (κ2) is 46.2. The topological polar surface area (TPSA) is 72.8 Å². The van der Waals surface area contributed by atoms with Crippen molar-refractivity contribution in [2.45, 2.75) is 200 Å². The highest BCUT2D eigenvalue weighted by molar-refractivity contribution is 5.70. The fourth-order valence-electron chi connectivity index (χ4n) is 5.98. The first-order valence-corrected chi connectivity index (χ1v) is 22.8. The summed E-state index contributed by atoms with van der Waals surface area (Å²) in [6.07, 6.45) is 64.9. The molecular formula is C51H84O5. The average Bonchev–Trinajstić information content (AvgIpc) is 3.20. The lowest BCUT2D eigenvalue weighted by atomic mass is 10.1. The Bertz CT molecular complexity index is 1110. The molecule has 5 nitrogen and oxygen atoms in total. The highest BCUT2D eigenvalue weighted by Gasteiger charge is 2.16. The van der Waals surface area contributed by atoms with Gasteiger partial charge in [-0.25, -0.2) is 0 Å². The Kier molecular flexibility index (Phi) is 43.6. The molecule has 0 aromatic carbocycles. The maximum atomic E-state index is 12.2. The second-order valence-electron chi connectivity index (χ2n) is 14.8. The molecule has 0 aliphatic carbocycles. The summed E-state index contributed by atoms with van der Waals surface area (Å²) in [5.74, 6) is -0.608. The molecule has 1 unspecified atom stereocenters. The zero-order valence-corrected chi connectivity index (χ0v) is 36.1. The number of esters is 2. The van der Waals surface area contributed by atoms with E-state index in [0.717, 1.165) is 96.3 Å². The molecule has 0 radical (unpaired) electrons. The highest BCUT2D eigenvalue weighted by atomic mass is 16.6. The molecule has 318 valence electrons. The minimum atomic E-state index is -0.778. The van der Waals surface area contributed by atoms with Crippen LogP contribution in [0.4, 0.5) is 0 Å². The Labute approximate surface area is 345 Å². The van der Waals surface area contributed by atoms with E-state index in [1.807, 2.05) is 0 Å². The van der Waals surface area contributed by atoms with Crippen LogP contribution >= 0.6 is 0 Å². The van der Waals surface area contributed by atoms with Crippen LogP contribution in [0.25, 0.3) is 0 Å². The molecule has 0 aromatic rings. The van der Waals surface area contributed by atoms with Crippen LogP contribution in [-0.4, -0.2) is 36.4 Å². The molecule has 0 saturated heterocycles. The van der Waals surface area contributed by atoms with Gasteiger partial charge in [0, 0.05) is 12.8 Å². The molecule has 1 N–H and O–H groups in total. The van der Waals surface area contributed by atoms with Crippen molar-refractivity contribution >= 4 is 11.9 Å². The van der Waals surface area contributed by atoms with E-state index in [1.165, 1.54) is 70.6 Å². The Morgan fingerprint density at radius 2 is 0.768 bits per heavy atom. The SMILES string of the molecule is CC/C=C\C/C=C\C/C=C\C/C=C\C/C=C\C/C=C\C/C=C\C/C=C\CCCCCCCCCCC(=O)OC(CO)COC(=O)CCCCCCCCCCC. The number of hydrogen-bond donors (Lipinski definition) is 1. The minimum Gasteiger partial charge on any atom is -0.462 e. The first kappa shape index (κ1) is 52.8. The normalized spacial score (nSPS) is 13.1. The molecule has 0 fully saturated rings. The van der Waals surface area contributed by atoms with Gasteiger partial charge in [0.1, 0.15) is 6.61 Å². The van der Waals surface area contributed by atoms with Crippen molar-refractivity contribution in [1.29, 1.82) is 0 Å². The van der Waals surface area contributed by atoms with Gasteiger partial charge in [-0.1, -0.05) is 201 Å². The molecule has 0 spiro atoms. The van der Waals surface area contributed by atoms with Gasteiger partial charge in [0.2, 0.25) is 0 Å². The number of carbonyl (C=O) groups excluding carboxylic acids is 2. The van der Waals surface area contributed by atoms with Gasteiger partial charge < -0.3 is 14.6 Å². The third kappa shape index (κ3) is 43.5. The Balaban J connectivity index is 3.60. The zero-order valence-electron chi connectivity index (χ0n) is 36.1. The van der Waals surface area contributed by atoms with E-state index in [2.05, 4.69) is 111 Å². The standard InChI is InChI=1S/C51H84O5/c1-3-5-7-9-11-13-14-15-16-17-18-19-20-21-22-23-24-25-26-27-28-29-30-31-32-33-34-35-36-38-40-42-44-46-51(54)56-49(47-52)48-55-50(53)45-43-41-39-37-12-10-8-6-4-2/h5,7,11,13,15-16,18-19,21-22,24-25,27-28,30-31,49,52H,3-4,6,8-10,12,14,17,20,23,26,29,32-48H2,1-2H3/b7-5-,13-11-,16-15-,19-18-,22-21-,25-24-,28-27-,31-30-. The van der Waals surface area contributed by atoms with Gasteiger partial charge in [-0.3, -0.25) is 9.59 Å². The van der Waals surface area contributed by atoms with E-state index in [4.69, 9.17) is 9.47 Å². The Morgan fingerprint density at radius 3 is 1.16 bits per heavy atom.